The molecule has 1 heterocycles. The molecule has 0 aliphatic carbocycles. The minimum absolute atomic E-state index is 0.0947. The summed E-state index contributed by atoms with van der Waals surface area (Å²) < 4.78 is 38.2. The Morgan fingerprint density at radius 1 is 1.29 bits per heavy atom. The van der Waals surface area contributed by atoms with Crippen LogP contribution < -0.4 is 16.8 Å². The lowest BCUT2D eigenvalue weighted by Crippen LogP contribution is -2.45. The summed E-state index contributed by atoms with van der Waals surface area (Å²) in [5.74, 6) is -1.04. The third-order valence-electron chi connectivity index (χ3n) is 3.58. The molecule has 21 heavy (non-hydrogen) atoms. The molecule has 5 N–H and O–H groups in total. The van der Waals surface area contributed by atoms with Gasteiger partial charge in [-0.05, 0) is 25.0 Å². The van der Waals surface area contributed by atoms with E-state index >= 15 is 0 Å². The minimum atomic E-state index is -4.60. The van der Waals surface area contributed by atoms with Crippen molar-refractivity contribution in [1.29, 1.82) is 0 Å². The molecule has 0 aliphatic heterocycles. The van der Waals surface area contributed by atoms with Gasteiger partial charge in [-0.2, -0.15) is 13.2 Å². The number of carbonyl (C=O) groups excluding carboxylic acids is 1. The van der Waals surface area contributed by atoms with Gasteiger partial charge in [0.2, 0.25) is 0 Å². The highest BCUT2D eigenvalue weighted by atomic mass is 19.4. The van der Waals surface area contributed by atoms with Crippen LogP contribution in [0.1, 0.15) is 42.7 Å². The largest absolute Gasteiger partial charge is 0.433 e. The molecule has 0 saturated heterocycles. The molecule has 1 aromatic heterocycles. The lowest BCUT2D eigenvalue weighted by atomic mass is 9.92. The molecule has 0 aliphatic rings. The van der Waals surface area contributed by atoms with Crippen molar-refractivity contribution in [3.63, 3.8) is 0 Å². The zero-order chi connectivity index (χ0) is 16.3. The number of nitrogens with zero attached hydrogens (tertiary/aromatic N) is 1. The number of carbonyl (C=O) groups is 1. The first-order valence-corrected chi connectivity index (χ1v) is 6.55. The first kappa shape index (κ1) is 17.2. The molecule has 5 nitrogen and oxygen atoms in total. The Bertz CT molecular complexity index is 504. The monoisotopic (exact) mass is 304 g/mol. The predicted octanol–water partition coefficient (Wildman–Crippen LogP) is 2.13. The highest BCUT2D eigenvalue weighted by molar-refractivity contribution is 5.97. The maximum Gasteiger partial charge on any atom is 0.433 e. The van der Waals surface area contributed by atoms with E-state index in [2.05, 4.69) is 10.3 Å². The van der Waals surface area contributed by atoms with Gasteiger partial charge in [0.25, 0.3) is 5.91 Å². The van der Waals surface area contributed by atoms with Crippen LogP contribution in [0.2, 0.25) is 0 Å². The van der Waals surface area contributed by atoms with Crippen LogP contribution in [0, 0.1) is 0 Å². The van der Waals surface area contributed by atoms with Gasteiger partial charge in [-0.3, -0.25) is 4.79 Å². The number of pyridine rings is 1. The summed E-state index contributed by atoms with van der Waals surface area (Å²) in [4.78, 5) is 14.9. The van der Waals surface area contributed by atoms with Crippen LogP contribution in [-0.2, 0) is 6.18 Å². The Hall–Kier alpha value is -1.83. The molecule has 1 amide bonds. The fraction of sp³-hybridized carbons (Fsp3) is 0.538. The van der Waals surface area contributed by atoms with E-state index in [9.17, 15) is 18.0 Å². The van der Waals surface area contributed by atoms with Crippen molar-refractivity contribution >= 4 is 11.7 Å². The van der Waals surface area contributed by atoms with Gasteiger partial charge in [0.1, 0.15) is 11.5 Å². The zero-order valence-corrected chi connectivity index (χ0v) is 11.9. The molecule has 1 rings (SSSR count). The molecule has 8 heteroatoms. The van der Waals surface area contributed by atoms with E-state index in [-0.39, 0.29) is 17.9 Å². The number of nitrogens with two attached hydrogens (primary N) is 2. The van der Waals surface area contributed by atoms with Crippen LogP contribution in [0.15, 0.2) is 12.1 Å². The number of alkyl halides is 3. The molecule has 0 radical (unpaired) electrons. The van der Waals surface area contributed by atoms with Gasteiger partial charge in [0.15, 0.2) is 0 Å². The van der Waals surface area contributed by atoms with E-state index in [1.54, 1.807) is 0 Å². The number of aromatic nitrogens is 1. The van der Waals surface area contributed by atoms with Gasteiger partial charge >= 0.3 is 6.18 Å². The molecule has 0 bridgehead atoms. The van der Waals surface area contributed by atoms with E-state index in [0.717, 1.165) is 12.1 Å². The number of amides is 1. The Labute approximate surface area is 120 Å². The average Bonchev–Trinajstić information content (AvgIpc) is 2.43. The highest BCUT2D eigenvalue weighted by Crippen LogP contribution is 2.31. The van der Waals surface area contributed by atoms with Crippen molar-refractivity contribution < 1.29 is 18.0 Å². The first-order valence-electron chi connectivity index (χ1n) is 6.55. The molecular weight excluding hydrogens is 285 g/mol. The van der Waals surface area contributed by atoms with Gasteiger partial charge in [0.05, 0.1) is 11.1 Å². The Morgan fingerprint density at radius 2 is 1.86 bits per heavy atom. The molecule has 0 aromatic carbocycles. The summed E-state index contributed by atoms with van der Waals surface area (Å²) in [6, 6.07) is 1.75. The Morgan fingerprint density at radius 3 is 2.24 bits per heavy atom. The molecular formula is C13H19F3N4O. The van der Waals surface area contributed by atoms with Crippen molar-refractivity contribution in [2.75, 3.05) is 11.9 Å². The third-order valence-corrected chi connectivity index (χ3v) is 3.58. The van der Waals surface area contributed by atoms with Crippen molar-refractivity contribution in [3.8, 4) is 0 Å². The number of primary amides is 1. The lowest BCUT2D eigenvalue weighted by molar-refractivity contribution is -0.141. The minimum Gasteiger partial charge on any atom is -0.365 e. The summed E-state index contributed by atoms with van der Waals surface area (Å²) in [6.45, 7) is 3.89. The molecule has 0 spiro atoms. The lowest BCUT2D eigenvalue weighted by Gasteiger charge is -2.32. The second-order valence-corrected chi connectivity index (χ2v) is 4.77. The van der Waals surface area contributed by atoms with Crippen molar-refractivity contribution in [1.82, 2.24) is 4.98 Å². The van der Waals surface area contributed by atoms with Crippen LogP contribution in [-0.4, -0.2) is 23.0 Å². The van der Waals surface area contributed by atoms with Crippen LogP contribution in [0.25, 0.3) is 0 Å². The van der Waals surface area contributed by atoms with Gasteiger partial charge in [-0.25, -0.2) is 4.98 Å². The summed E-state index contributed by atoms with van der Waals surface area (Å²) >= 11 is 0. The van der Waals surface area contributed by atoms with Gasteiger partial charge in [-0.15, -0.1) is 0 Å². The van der Waals surface area contributed by atoms with Crippen LogP contribution >= 0.6 is 0 Å². The van der Waals surface area contributed by atoms with Crippen LogP contribution in [0.3, 0.4) is 0 Å². The standard InChI is InChI=1S/C13H19F3N4O/c1-3-12(4-2,7-17)20-11-8(10(18)21)5-6-9(19-11)13(14,15)16/h5-6H,3-4,7,17H2,1-2H3,(H2,18,21)(H,19,20). The smallest absolute Gasteiger partial charge is 0.365 e. The van der Waals surface area contributed by atoms with E-state index in [4.69, 9.17) is 11.5 Å². The number of hydrogen-bond donors (Lipinski definition) is 3. The van der Waals surface area contributed by atoms with E-state index in [0.29, 0.717) is 12.8 Å². The normalized spacial score (nSPS) is 12.3. The first-order chi connectivity index (χ1) is 9.69. The Balaban J connectivity index is 3.33. The molecule has 0 atom stereocenters. The quantitative estimate of drug-likeness (QED) is 0.750. The highest BCUT2D eigenvalue weighted by Gasteiger charge is 2.34. The fourth-order valence-corrected chi connectivity index (χ4v) is 1.93. The van der Waals surface area contributed by atoms with E-state index in [1.165, 1.54) is 0 Å². The summed E-state index contributed by atoms with van der Waals surface area (Å²) in [5.41, 5.74) is 9.06. The number of halogens is 3. The molecule has 118 valence electrons. The number of anilines is 1. The second kappa shape index (κ2) is 6.30. The molecule has 1 aromatic rings. The van der Waals surface area contributed by atoms with E-state index in [1.807, 2.05) is 13.8 Å². The number of rotatable bonds is 6. The topological polar surface area (TPSA) is 94.0 Å². The molecule has 0 fully saturated rings. The summed E-state index contributed by atoms with van der Waals surface area (Å²) in [5, 5.41) is 2.87. The van der Waals surface area contributed by atoms with Crippen molar-refractivity contribution in [2.45, 2.75) is 38.4 Å². The molecule has 0 saturated carbocycles. The van der Waals surface area contributed by atoms with Crippen molar-refractivity contribution in [3.05, 3.63) is 23.4 Å². The predicted molar refractivity (Wildman–Crippen MR) is 73.7 cm³/mol. The Kier molecular flexibility index (Phi) is 5.16. The second-order valence-electron chi connectivity index (χ2n) is 4.77. The maximum atomic E-state index is 12.7. The number of nitrogens with one attached hydrogen (secondary N) is 1. The fourth-order valence-electron chi connectivity index (χ4n) is 1.93. The average molecular weight is 304 g/mol. The summed E-state index contributed by atoms with van der Waals surface area (Å²) in [6.07, 6.45) is -3.47. The van der Waals surface area contributed by atoms with Gasteiger partial charge in [-0.1, -0.05) is 13.8 Å². The SMILES string of the molecule is CCC(CC)(CN)Nc1nc(C(F)(F)F)ccc1C(N)=O. The van der Waals surface area contributed by atoms with Crippen LogP contribution in [0.5, 0.6) is 0 Å². The zero-order valence-electron chi connectivity index (χ0n) is 11.9. The van der Waals surface area contributed by atoms with Gasteiger partial charge < -0.3 is 16.8 Å². The summed E-state index contributed by atoms with van der Waals surface area (Å²) in [7, 11) is 0. The van der Waals surface area contributed by atoms with E-state index < -0.39 is 23.3 Å². The third kappa shape index (κ3) is 3.84. The van der Waals surface area contributed by atoms with Gasteiger partial charge in [0, 0.05) is 6.54 Å². The molecule has 0 unspecified atom stereocenters. The van der Waals surface area contributed by atoms with Crippen molar-refractivity contribution in [2.24, 2.45) is 11.5 Å². The number of hydrogen-bond acceptors (Lipinski definition) is 4. The maximum absolute atomic E-state index is 12.7. The van der Waals surface area contributed by atoms with Crippen LogP contribution in [0.4, 0.5) is 19.0 Å².